The molecule has 142 valence electrons. The van der Waals surface area contributed by atoms with Crippen LogP contribution >= 0.6 is 0 Å². The van der Waals surface area contributed by atoms with Gasteiger partial charge >= 0.3 is 0 Å². The van der Waals surface area contributed by atoms with Crippen LogP contribution in [0.5, 0.6) is 11.5 Å². The van der Waals surface area contributed by atoms with Crippen molar-refractivity contribution in [1.29, 1.82) is 0 Å². The molecular formula is C24H23NO3. The van der Waals surface area contributed by atoms with Gasteiger partial charge in [-0.1, -0.05) is 66.7 Å². The lowest BCUT2D eigenvalue weighted by Crippen LogP contribution is -2.31. The molecule has 4 rings (SSSR count). The van der Waals surface area contributed by atoms with Gasteiger partial charge in [0.1, 0.15) is 13.2 Å². The smallest absolute Gasteiger partial charge is 0.224 e. The fourth-order valence-corrected chi connectivity index (χ4v) is 3.42. The molecule has 0 aromatic heterocycles. The second-order valence-corrected chi connectivity index (χ2v) is 6.88. The van der Waals surface area contributed by atoms with E-state index < -0.39 is 0 Å². The predicted molar refractivity (Wildman–Crippen MR) is 109 cm³/mol. The molecule has 1 heterocycles. The fourth-order valence-electron chi connectivity index (χ4n) is 3.42. The van der Waals surface area contributed by atoms with E-state index in [0.717, 1.165) is 23.3 Å². The molecule has 1 aliphatic heterocycles. The maximum absolute atomic E-state index is 12.8. The quantitative estimate of drug-likeness (QED) is 0.708. The Morgan fingerprint density at radius 2 is 1.50 bits per heavy atom. The normalized spacial score (nSPS) is 13.6. The van der Waals surface area contributed by atoms with Crippen molar-refractivity contribution < 1.29 is 14.3 Å². The van der Waals surface area contributed by atoms with Crippen molar-refractivity contribution in [2.24, 2.45) is 0 Å². The SMILES string of the molecule is O=C(Cc1ccc2c(c1)OCCO2)NC(Cc1ccccc1)c1ccccc1. The Kier molecular flexibility index (Phi) is 5.57. The van der Waals surface area contributed by atoms with Gasteiger partial charge in [-0.3, -0.25) is 4.79 Å². The molecule has 0 bridgehead atoms. The van der Waals surface area contributed by atoms with E-state index in [1.165, 1.54) is 5.56 Å². The number of hydrogen-bond acceptors (Lipinski definition) is 3. The first-order valence-electron chi connectivity index (χ1n) is 9.55. The van der Waals surface area contributed by atoms with Crippen molar-refractivity contribution in [2.45, 2.75) is 18.9 Å². The molecule has 0 fully saturated rings. The lowest BCUT2D eigenvalue weighted by molar-refractivity contribution is -0.121. The second-order valence-electron chi connectivity index (χ2n) is 6.88. The molecule has 28 heavy (non-hydrogen) atoms. The minimum absolute atomic E-state index is 0.0125. The molecule has 0 spiro atoms. The Balaban J connectivity index is 1.47. The van der Waals surface area contributed by atoms with E-state index in [-0.39, 0.29) is 11.9 Å². The van der Waals surface area contributed by atoms with Crippen LogP contribution in [0.4, 0.5) is 0 Å². The zero-order valence-electron chi connectivity index (χ0n) is 15.6. The number of nitrogens with one attached hydrogen (secondary N) is 1. The molecule has 4 heteroatoms. The molecule has 0 saturated heterocycles. The summed E-state index contributed by atoms with van der Waals surface area (Å²) < 4.78 is 11.2. The number of carbonyl (C=O) groups is 1. The van der Waals surface area contributed by atoms with Crippen molar-refractivity contribution in [3.8, 4) is 11.5 Å². The second kappa shape index (κ2) is 8.61. The molecule has 1 atom stereocenters. The first kappa shape index (κ1) is 18.1. The van der Waals surface area contributed by atoms with Gasteiger partial charge in [0.25, 0.3) is 0 Å². The number of rotatable bonds is 6. The van der Waals surface area contributed by atoms with E-state index in [9.17, 15) is 4.79 Å². The van der Waals surface area contributed by atoms with Crippen LogP contribution in [0.25, 0.3) is 0 Å². The molecule has 1 unspecified atom stereocenters. The van der Waals surface area contributed by atoms with Crippen LogP contribution in [0.2, 0.25) is 0 Å². The van der Waals surface area contributed by atoms with Gasteiger partial charge in [0.2, 0.25) is 5.91 Å². The van der Waals surface area contributed by atoms with Crippen molar-refractivity contribution >= 4 is 5.91 Å². The first-order chi connectivity index (χ1) is 13.8. The van der Waals surface area contributed by atoms with E-state index >= 15 is 0 Å². The van der Waals surface area contributed by atoms with Gasteiger partial charge in [-0.05, 0) is 35.2 Å². The standard InChI is InChI=1S/C24H23NO3/c26-24(17-19-11-12-22-23(16-19)28-14-13-27-22)25-21(20-9-5-2-6-10-20)15-18-7-3-1-4-8-18/h1-12,16,21H,13-15,17H2,(H,25,26). The summed E-state index contributed by atoms with van der Waals surface area (Å²) in [6.07, 6.45) is 1.05. The number of fused-ring (bicyclic) bond motifs is 1. The zero-order valence-corrected chi connectivity index (χ0v) is 15.6. The third-order valence-electron chi connectivity index (χ3n) is 4.79. The van der Waals surface area contributed by atoms with Gasteiger partial charge in [0, 0.05) is 0 Å². The Morgan fingerprint density at radius 3 is 2.25 bits per heavy atom. The molecular weight excluding hydrogens is 350 g/mol. The van der Waals surface area contributed by atoms with E-state index in [4.69, 9.17) is 9.47 Å². The molecule has 3 aromatic carbocycles. The lowest BCUT2D eigenvalue weighted by Gasteiger charge is -2.21. The molecule has 0 radical (unpaired) electrons. The van der Waals surface area contributed by atoms with E-state index in [0.29, 0.717) is 25.4 Å². The number of carbonyl (C=O) groups excluding carboxylic acids is 1. The van der Waals surface area contributed by atoms with E-state index in [2.05, 4.69) is 29.6 Å². The number of hydrogen-bond donors (Lipinski definition) is 1. The Morgan fingerprint density at radius 1 is 0.821 bits per heavy atom. The van der Waals surface area contributed by atoms with Crippen molar-refractivity contribution in [3.63, 3.8) is 0 Å². The largest absolute Gasteiger partial charge is 0.486 e. The van der Waals surface area contributed by atoms with Crippen molar-refractivity contribution in [1.82, 2.24) is 5.32 Å². The molecule has 3 aromatic rings. The molecule has 1 amide bonds. The number of benzene rings is 3. The van der Waals surface area contributed by atoms with E-state index in [1.807, 2.05) is 54.6 Å². The van der Waals surface area contributed by atoms with Crippen molar-refractivity contribution in [3.05, 3.63) is 95.6 Å². The van der Waals surface area contributed by atoms with Crippen LogP contribution < -0.4 is 14.8 Å². The van der Waals surface area contributed by atoms with Crippen LogP contribution in [0.3, 0.4) is 0 Å². The Hall–Kier alpha value is -3.27. The highest BCUT2D eigenvalue weighted by molar-refractivity contribution is 5.79. The maximum Gasteiger partial charge on any atom is 0.224 e. The van der Waals surface area contributed by atoms with Crippen LogP contribution in [0, 0.1) is 0 Å². The Bertz CT molecular complexity index is 925. The Labute approximate surface area is 165 Å². The summed E-state index contributed by atoms with van der Waals surface area (Å²) >= 11 is 0. The highest BCUT2D eigenvalue weighted by Crippen LogP contribution is 2.31. The minimum Gasteiger partial charge on any atom is -0.486 e. The summed E-state index contributed by atoms with van der Waals surface area (Å²) in [7, 11) is 0. The van der Waals surface area contributed by atoms with Gasteiger partial charge in [0.15, 0.2) is 11.5 Å². The van der Waals surface area contributed by atoms with E-state index in [1.54, 1.807) is 0 Å². The van der Waals surface area contributed by atoms with Gasteiger partial charge < -0.3 is 14.8 Å². The third kappa shape index (κ3) is 4.52. The predicted octanol–water partition coefficient (Wildman–Crippen LogP) is 4.10. The summed E-state index contributed by atoms with van der Waals surface area (Å²) in [5.41, 5.74) is 3.20. The topological polar surface area (TPSA) is 47.6 Å². The molecule has 0 saturated carbocycles. The zero-order chi connectivity index (χ0) is 19.2. The average molecular weight is 373 g/mol. The van der Waals surface area contributed by atoms with Gasteiger partial charge in [-0.15, -0.1) is 0 Å². The van der Waals surface area contributed by atoms with Gasteiger partial charge in [-0.25, -0.2) is 0 Å². The van der Waals surface area contributed by atoms with Gasteiger partial charge in [0.05, 0.1) is 12.5 Å². The van der Waals surface area contributed by atoms with Crippen LogP contribution in [0.1, 0.15) is 22.7 Å². The maximum atomic E-state index is 12.8. The first-order valence-corrected chi connectivity index (χ1v) is 9.55. The summed E-state index contributed by atoms with van der Waals surface area (Å²) in [6.45, 7) is 1.10. The summed E-state index contributed by atoms with van der Waals surface area (Å²) in [6, 6.07) is 25.9. The van der Waals surface area contributed by atoms with Crippen molar-refractivity contribution in [2.75, 3.05) is 13.2 Å². The fraction of sp³-hybridized carbons (Fsp3) is 0.208. The molecule has 1 N–H and O–H groups in total. The molecule has 4 nitrogen and oxygen atoms in total. The average Bonchev–Trinajstić information content (AvgIpc) is 2.74. The third-order valence-corrected chi connectivity index (χ3v) is 4.79. The van der Waals surface area contributed by atoms with Crippen LogP contribution in [-0.2, 0) is 17.6 Å². The van der Waals surface area contributed by atoms with Crippen LogP contribution in [-0.4, -0.2) is 19.1 Å². The molecule has 0 aliphatic carbocycles. The number of ether oxygens (including phenoxy) is 2. The number of amides is 1. The highest BCUT2D eigenvalue weighted by Gasteiger charge is 2.17. The summed E-state index contributed by atoms with van der Waals surface area (Å²) in [5, 5.41) is 3.20. The minimum atomic E-state index is -0.0756. The highest BCUT2D eigenvalue weighted by atomic mass is 16.6. The summed E-state index contributed by atoms with van der Waals surface area (Å²) in [5.74, 6) is 1.43. The monoisotopic (exact) mass is 373 g/mol. The van der Waals surface area contributed by atoms with Gasteiger partial charge in [-0.2, -0.15) is 0 Å². The summed E-state index contributed by atoms with van der Waals surface area (Å²) in [4.78, 5) is 12.8. The molecule has 1 aliphatic rings. The lowest BCUT2D eigenvalue weighted by atomic mass is 9.98. The van der Waals surface area contributed by atoms with Crippen LogP contribution in [0.15, 0.2) is 78.9 Å².